The highest BCUT2D eigenvalue weighted by molar-refractivity contribution is 5.13. The second-order valence-electron chi connectivity index (χ2n) is 3.21. The van der Waals surface area contributed by atoms with E-state index in [1.165, 1.54) is 10.5 Å². The monoisotopic (exact) mass is 164 g/mol. The summed E-state index contributed by atoms with van der Waals surface area (Å²) in [5, 5.41) is 0. The van der Waals surface area contributed by atoms with Gasteiger partial charge in [-0.15, -0.1) is 0 Å². The van der Waals surface area contributed by atoms with Crippen LogP contribution < -0.4 is 4.90 Å². The Morgan fingerprint density at radius 1 is 1.25 bits per heavy atom. The van der Waals surface area contributed by atoms with Crippen LogP contribution in [0.1, 0.15) is 5.56 Å². The van der Waals surface area contributed by atoms with Crippen LogP contribution in [-0.2, 0) is 11.3 Å². The lowest BCUT2D eigenvalue weighted by atomic mass is 10.2. The number of hydrogen-bond donors (Lipinski definition) is 1. The molecule has 0 aromatic heterocycles. The van der Waals surface area contributed by atoms with Crippen molar-refractivity contribution >= 4 is 0 Å². The molecule has 1 saturated heterocycles. The maximum absolute atomic E-state index is 5.29. The maximum Gasteiger partial charge on any atom is 0.182 e. The summed E-state index contributed by atoms with van der Waals surface area (Å²) in [6, 6.07) is 10.6. The summed E-state index contributed by atoms with van der Waals surface area (Å²) in [4.78, 5) is 1.53. The molecule has 1 aliphatic heterocycles. The molecule has 0 radical (unpaired) electrons. The Kier molecular flexibility index (Phi) is 2.39. The van der Waals surface area contributed by atoms with Crippen LogP contribution in [0.3, 0.4) is 0 Å². The highest BCUT2D eigenvalue weighted by Gasteiger charge is 2.14. The van der Waals surface area contributed by atoms with Gasteiger partial charge in [-0.25, -0.2) is 0 Å². The molecule has 12 heavy (non-hydrogen) atoms. The lowest BCUT2D eigenvalue weighted by molar-refractivity contribution is -0.910. The van der Waals surface area contributed by atoms with Crippen molar-refractivity contribution in [2.24, 2.45) is 0 Å². The summed E-state index contributed by atoms with van der Waals surface area (Å²) in [5.41, 5.74) is 1.40. The Hall–Kier alpha value is -0.860. The fourth-order valence-corrected chi connectivity index (χ4v) is 1.53. The molecule has 0 spiro atoms. The first-order valence-electron chi connectivity index (χ1n) is 4.40. The topological polar surface area (TPSA) is 13.7 Å². The average Bonchev–Trinajstić information content (AvgIpc) is 2.59. The first-order chi connectivity index (χ1) is 5.95. The molecule has 0 aliphatic carbocycles. The molecule has 1 fully saturated rings. The minimum Gasteiger partial charge on any atom is -0.326 e. The van der Waals surface area contributed by atoms with Gasteiger partial charge in [0.15, 0.2) is 6.73 Å². The zero-order valence-electron chi connectivity index (χ0n) is 7.12. The van der Waals surface area contributed by atoms with Crippen LogP contribution in [0.5, 0.6) is 0 Å². The summed E-state index contributed by atoms with van der Waals surface area (Å²) < 4.78 is 5.29. The molecular weight excluding hydrogens is 150 g/mol. The predicted octanol–water partition coefficient (Wildman–Crippen LogP) is 0.0592. The van der Waals surface area contributed by atoms with Crippen LogP contribution in [0.15, 0.2) is 30.3 Å². The van der Waals surface area contributed by atoms with Crippen molar-refractivity contribution in [2.45, 2.75) is 6.54 Å². The molecule has 1 heterocycles. The van der Waals surface area contributed by atoms with Gasteiger partial charge in [0.1, 0.15) is 19.7 Å². The number of quaternary nitrogens is 1. The lowest BCUT2D eigenvalue weighted by Crippen LogP contribution is -3.08. The van der Waals surface area contributed by atoms with Gasteiger partial charge >= 0.3 is 0 Å². The van der Waals surface area contributed by atoms with Gasteiger partial charge in [0.25, 0.3) is 0 Å². The van der Waals surface area contributed by atoms with E-state index in [9.17, 15) is 0 Å². The molecule has 2 heteroatoms. The van der Waals surface area contributed by atoms with E-state index in [-0.39, 0.29) is 0 Å². The van der Waals surface area contributed by atoms with Gasteiger partial charge in [-0.05, 0) is 0 Å². The molecule has 2 rings (SSSR count). The SMILES string of the molecule is c1ccc(C[NH+]2CCOC2)cc1. The normalized spacial score (nSPS) is 22.8. The number of benzene rings is 1. The molecule has 2 nitrogen and oxygen atoms in total. The molecule has 1 aromatic rings. The zero-order valence-corrected chi connectivity index (χ0v) is 7.12. The summed E-state index contributed by atoms with van der Waals surface area (Å²) >= 11 is 0. The van der Waals surface area contributed by atoms with Gasteiger partial charge < -0.3 is 9.64 Å². The molecule has 1 atom stereocenters. The van der Waals surface area contributed by atoms with Crippen LogP contribution in [0.2, 0.25) is 0 Å². The number of hydrogen-bond acceptors (Lipinski definition) is 1. The van der Waals surface area contributed by atoms with Gasteiger partial charge in [-0.1, -0.05) is 30.3 Å². The van der Waals surface area contributed by atoms with Crippen LogP contribution in [0.25, 0.3) is 0 Å². The van der Waals surface area contributed by atoms with E-state index in [2.05, 4.69) is 30.3 Å². The molecule has 0 saturated carbocycles. The van der Waals surface area contributed by atoms with Crippen molar-refractivity contribution in [3.63, 3.8) is 0 Å². The van der Waals surface area contributed by atoms with Gasteiger partial charge in [0.2, 0.25) is 0 Å². The standard InChI is InChI=1S/C10H13NO/c1-2-4-10(5-3-1)8-11-6-7-12-9-11/h1-5H,6-9H2/p+1. The van der Waals surface area contributed by atoms with E-state index in [0.29, 0.717) is 0 Å². The molecular formula is C10H14NO+. The summed E-state index contributed by atoms with van der Waals surface area (Å²) in [5.74, 6) is 0. The van der Waals surface area contributed by atoms with Crippen LogP contribution in [0.4, 0.5) is 0 Å². The largest absolute Gasteiger partial charge is 0.326 e. The van der Waals surface area contributed by atoms with Gasteiger partial charge in [-0.3, -0.25) is 0 Å². The molecule has 1 N–H and O–H groups in total. The Bertz CT molecular complexity index is 229. The predicted molar refractivity (Wildman–Crippen MR) is 46.8 cm³/mol. The van der Waals surface area contributed by atoms with Crippen LogP contribution in [0, 0.1) is 0 Å². The second-order valence-corrected chi connectivity index (χ2v) is 3.21. The van der Waals surface area contributed by atoms with Crippen molar-refractivity contribution in [3.8, 4) is 0 Å². The zero-order chi connectivity index (χ0) is 8.23. The third-order valence-corrected chi connectivity index (χ3v) is 2.20. The molecule has 0 amide bonds. The van der Waals surface area contributed by atoms with Crippen molar-refractivity contribution < 1.29 is 9.64 Å². The molecule has 1 unspecified atom stereocenters. The van der Waals surface area contributed by atoms with E-state index in [4.69, 9.17) is 4.74 Å². The fraction of sp³-hybridized carbons (Fsp3) is 0.400. The average molecular weight is 164 g/mol. The lowest BCUT2D eigenvalue weighted by Gasteiger charge is -2.09. The van der Waals surface area contributed by atoms with Crippen LogP contribution in [-0.4, -0.2) is 19.9 Å². The van der Waals surface area contributed by atoms with Crippen molar-refractivity contribution in [3.05, 3.63) is 35.9 Å². The summed E-state index contributed by atoms with van der Waals surface area (Å²) in [6.07, 6.45) is 0. The highest BCUT2D eigenvalue weighted by Crippen LogP contribution is 1.95. The maximum atomic E-state index is 5.29. The first kappa shape index (κ1) is 7.77. The highest BCUT2D eigenvalue weighted by atomic mass is 16.5. The van der Waals surface area contributed by atoms with E-state index < -0.39 is 0 Å². The minimum absolute atomic E-state index is 0.870. The van der Waals surface area contributed by atoms with E-state index in [1.807, 2.05) is 0 Å². The molecule has 0 bridgehead atoms. The first-order valence-corrected chi connectivity index (χ1v) is 4.40. The van der Waals surface area contributed by atoms with Gasteiger partial charge in [0.05, 0.1) is 0 Å². The Balaban J connectivity index is 1.94. The molecule has 1 aliphatic rings. The smallest absolute Gasteiger partial charge is 0.182 e. The number of ether oxygens (including phenoxy) is 1. The van der Waals surface area contributed by atoms with E-state index >= 15 is 0 Å². The Morgan fingerprint density at radius 2 is 2.08 bits per heavy atom. The number of rotatable bonds is 2. The Labute approximate surface area is 72.8 Å². The van der Waals surface area contributed by atoms with Crippen molar-refractivity contribution in [1.29, 1.82) is 0 Å². The molecule has 64 valence electrons. The van der Waals surface area contributed by atoms with Crippen molar-refractivity contribution in [2.75, 3.05) is 19.9 Å². The molecule has 1 aromatic carbocycles. The van der Waals surface area contributed by atoms with E-state index in [1.54, 1.807) is 0 Å². The quantitative estimate of drug-likeness (QED) is 0.652. The van der Waals surface area contributed by atoms with Crippen LogP contribution >= 0.6 is 0 Å². The summed E-state index contributed by atoms with van der Waals surface area (Å²) in [6.45, 7) is 4.03. The van der Waals surface area contributed by atoms with E-state index in [0.717, 1.165) is 26.4 Å². The summed E-state index contributed by atoms with van der Waals surface area (Å²) in [7, 11) is 0. The second kappa shape index (κ2) is 3.70. The van der Waals surface area contributed by atoms with Crippen molar-refractivity contribution in [1.82, 2.24) is 0 Å². The fourth-order valence-electron chi connectivity index (χ4n) is 1.53. The third kappa shape index (κ3) is 1.84. The minimum atomic E-state index is 0.870. The Morgan fingerprint density at radius 3 is 2.75 bits per heavy atom. The number of nitrogens with one attached hydrogen (secondary N) is 1. The third-order valence-electron chi connectivity index (χ3n) is 2.20. The van der Waals surface area contributed by atoms with Gasteiger partial charge in [-0.2, -0.15) is 0 Å². The van der Waals surface area contributed by atoms with Gasteiger partial charge in [0, 0.05) is 5.56 Å².